The van der Waals surface area contributed by atoms with E-state index in [1.807, 2.05) is 0 Å². The average Bonchev–Trinajstić information content (AvgIpc) is 2.91. The Kier molecular flexibility index (Phi) is 4.56. The minimum absolute atomic E-state index is 0.0734. The molecule has 0 saturated carbocycles. The van der Waals surface area contributed by atoms with E-state index in [2.05, 4.69) is 9.71 Å². The van der Waals surface area contributed by atoms with Crippen molar-refractivity contribution in [2.24, 2.45) is 0 Å². The first-order chi connectivity index (χ1) is 9.90. The standard InChI is InChI=1S/C11H11ClN4O4S/c12-10-2-1-9(16(17)18)7-11(10)21(19,20)14-4-6-15-5-3-13-8-15/h1-3,5,7-8,14H,4,6H2. The summed E-state index contributed by atoms with van der Waals surface area (Å²) >= 11 is 5.81. The third-order valence-electron chi connectivity index (χ3n) is 2.64. The van der Waals surface area contributed by atoms with Gasteiger partial charge in [-0.25, -0.2) is 18.1 Å². The Morgan fingerprint density at radius 1 is 1.43 bits per heavy atom. The van der Waals surface area contributed by atoms with E-state index in [1.54, 1.807) is 23.3 Å². The monoisotopic (exact) mass is 330 g/mol. The van der Waals surface area contributed by atoms with Crippen LogP contribution >= 0.6 is 11.6 Å². The van der Waals surface area contributed by atoms with Crippen LogP contribution in [-0.2, 0) is 16.6 Å². The fraction of sp³-hybridized carbons (Fsp3) is 0.182. The van der Waals surface area contributed by atoms with Crippen LogP contribution in [-0.4, -0.2) is 29.4 Å². The van der Waals surface area contributed by atoms with Crippen LogP contribution in [0.25, 0.3) is 0 Å². The number of nitrogens with zero attached hydrogens (tertiary/aromatic N) is 3. The van der Waals surface area contributed by atoms with Gasteiger partial charge in [0.25, 0.3) is 5.69 Å². The summed E-state index contributed by atoms with van der Waals surface area (Å²) in [7, 11) is -3.92. The number of nitrogens with one attached hydrogen (secondary N) is 1. The number of aromatic nitrogens is 2. The highest BCUT2D eigenvalue weighted by atomic mass is 35.5. The molecule has 0 aliphatic heterocycles. The van der Waals surface area contributed by atoms with Crippen molar-refractivity contribution in [3.8, 4) is 0 Å². The summed E-state index contributed by atoms with van der Waals surface area (Å²) in [6, 6.07) is 3.26. The second-order valence-corrected chi connectivity index (χ2v) is 6.21. The van der Waals surface area contributed by atoms with Gasteiger partial charge in [-0.2, -0.15) is 0 Å². The van der Waals surface area contributed by atoms with Crippen molar-refractivity contribution in [3.05, 3.63) is 52.1 Å². The topological polar surface area (TPSA) is 107 Å². The van der Waals surface area contributed by atoms with Gasteiger partial charge in [0, 0.05) is 37.6 Å². The van der Waals surface area contributed by atoms with E-state index in [4.69, 9.17) is 11.6 Å². The number of nitro benzene ring substituents is 1. The summed E-state index contributed by atoms with van der Waals surface area (Å²) in [5.74, 6) is 0. The lowest BCUT2D eigenvalue weighted by atomic mass is 10.3. The highest BCUT2D eigenvalue weighted by molar-refractivity contribution is 7.89. The first kappa shape index (κ1) is 15.4. The van der Waals surface area contributed by atoms with Gasteiger partial charge in [0.2, 0.25) is 10.0 Å². The number of non-ortho nitro benzene ring substituents is 1. The Hall–Kier alpha value is -1.97. The van der Waals surface area contributed by atoms with Crippen molar-refractivity contribution in [2.75, 3.05) is 6.54 Å². The maximum atomic E-state index is 12.1. The first-order valence-electron chi connectivity index (χ1n) is 5.79. The third-order valence-corrected chi connectivity index (χ3v) is 4.58. The number of halogens is 1. The highest BCUT2D eigenvalue weighted by Gasteiger charge is 2.21. The summed E-state index contributed by atoms with van der Waals surface area (Å²) in [6.45, 7) is 0.490. The van der Waals surface area contributed by atoms with Crippen LogP contribution in [0.5, 0.6) is 0 Å². The highest BCUT2D eigenvalue weighted by Crippen LogP contribution is 2.25. The van der Waals surface area contributed by atoms with E-state index in [0.29, 0.717) is 6.54 Å². The summed E-state index contributed by atoms with van der Waals surface area (Å²) in [5, 5.41) is 10.6. The zero-order valence-corrected chi connectivity index (χ0v) is 12.2. The van der Waals surface area contributed by atoms with Gasteiger partial charge < -0.3 is 4.57 Å². The van der Waals surface area contributed by atoms with Gasteiger partial charge >= 0.3 is 0 Å². The fourth-order valence-corrected chi connectivity index (χ4v) is 3.16. The van der Waals surface area contributed by atoms with Crippen molar-refractivity contribution < 1.29 is 13.3 Å². The molecule has 2 rings (SSSR count). The van der Waals surface area contributed by atoms with Crippen LogP contribution in [0, 0.1) is 10.1 Å². The summed E-state index contributed by atoms with van der Waals surface area (Å²) < 4.78 is 28.3. The molecule has 21 heavy (non-hydrogen) atoms. The molecule has 1 N–H and O–H groups in total. The first-order valence-corrected chi connectivity index (χ1v) is 7.65. The maximum Gasteiger partial charge on any atom is 0.270 e. The molecule has 8 nitrogen and oxygen atoms in total. The number of hydrogen-bond acceptors (Lipinski definition) is 5. The summed E-state index contributed by atoms with van der Waals surface area (Å²) in [4.78, 5) is 13.5. The SMILES string of the molecule is O=[N+]([O-])c1ccc(Cl)c(S(=O)(=O)NCCn2ccnc2)c1. The molecule has 1 heterocycles. The molecule has 0 aliphatic rings. The van der Waals surface area contributed by atoms with Gasteiger partial charge in [0.05, 0.1) is 16.3 Å². The van der Waals surface area contributed by atoms with E-state index >= 15 is 0 Å². The lowest BCUT2D eigenvalue weighted by molar-refractivity contribution is -0.385. The lowest BCUT2D eigenvalue weighted by Gasteiger charge is -2.08. The van der Waals surface area contributed by atoms with Gasteiger partial charge in [0.15, 0.2) is 0 Å². The number of hydrogen-bond donors (Lipinski definition) is 1. The Balaban J connectivity index is 2.15. The smallest absolute Gasteiger partial charge is 0.270 e. The Morgan fingerprint density at radius 2 is 2.19 bits per heavy atom. The van der Waals surface area contributed by atoms with Crippen molar-refractivity contribution in [2.45, 2.75) is 11.4 Å². The van der Waals surface area contributed by atoms with Crippen molar-refractivity contribution >= 4 is 27.3 Å². The summed E-state index contributed by atoms with van der Waals surface area (Å²) in [5.41, 5.74) is -0.339. The fourth-order valence-electron chi connectivity index (χ4n) is 1.62. The second kappa shape index (κ2) is 6.20. The molecule has 0 atom stereocenters. The van der Waals surface area contributed by atoms with Gasteiger partial charge in [-0.15, -0.1) is 0 Å². The molecule has 1 aromatic carbocycles. The number of nitro groups is 1. The Bertz CT molecular complexity index is 746. The Morgan fingerprint density at radius 3 is 2.81 bits per heavy atom. The molecule has 0 spiro atoms. The number of imidazole rings is 1. The third kappa shape index (κ3) is 3.78. The molecule has 0 fully saturated rings. The lowest BCUT2D eigenvalue weighted by Crippen LogP contribution is -2.27. The average molecular weight is 331 g/mol. The molecule has 1 aromatic heterocycles. The van der Waals surface area contributed by atoms with E-state index in [0.717, 1.165) is 12.1 Å². The Labute approximate surface area is 125 Å². The van der Waals surface area contributed by atoms with Crippen molar-refractivity contribution in [3.63, 3.8) is 0 Å². The van der Waals surface area contributed by atoms with E-state index in [9.17, 15) is 18.5 Å². The van der Waals surface area contributed by atoms with E-state index in [1.165, 1.54) is 6.07 Å². The molecule has 2 aromatic rings. The van der Waals surface area contributed by atoms with Gasteiger partial charge in [0.1, 0.15) is 4.90 Å². The van der Waals surface area contributed by atoms with E-state index < -0.39 is 14.9 Å². The van der Waals surface area contributed by atoms with Crippen LogP contribution < -0.4 is 4.72 Å². The van der Waals surface area contributed by atoms with E-state index in [-0.39, 0.29) is 22.2 Å². The zero-order chi connectivity index (χ0) is 15.5. The predicted molar refractivity (Wildman–Crippen MR) is 75.5 cm³/mol. The maximum absolute atomic E-state index is 12.1. The van der Waals surface area contributed by atoms with Crippen LogP contribution in [0.15, 0.2) is 41.8 Å². The van der Waals surface area contributed by atoms with Gasteiger partial charge in [-0.05, 0) is 6.07 Å². The largest absolute Gasteiger partial charge is 0.336 e. The minimum atomic E-state index is -3.92. The molecule has 0 aliphatic carbocycles. The van der Waals surface area contributed by atoms with Crippen molar-refractivity contribution in [1.82, 2.24) is 14.3 Å². The molecule has 0 bridgehead atoms. The van der Waals surface area contributed by atoms with Gasteiger partial charge in [-0.3, -0.25) is 10.1 Å². The molecule has 0 unspecified atom stereocenters. The quantitative estimate of drug-likeness (QED) is 0.636. The normalized spacial score (nSPS) is 11.5. The molecule has 112 valence electrons. The predicted octanol–water partition coefficient (Wildman–Crippen LogP) is 1.42. The van der Waals surface area contributed by atoms with Crippen LogP contribution in [0.1, 0.15) is 0 Å². The molecule has 0 radical (unpaired) electrons. The number of rotatable bonds is 6. The molecular weight excluding hydrogens is 320 g/mol. The number of benzene rings is 1. The van der Waals surface area contributed by atoms with Crippen LogP contribution in [0.4, 0.5) is 5.69 Å². The molecule has 0 amide bonds. The van der Waals surface area contributed by atoms with Crippen LogP contribution in [0.3, 0.4) is 0 Å². The molecule has 10 heteroatoms. The van der Waals surface area contributed by atoms with Crippen LogP contribution in [0.2, 0.25) is 5.02 Å². The molecule has 0 saturated heterocycles. The number of sulfonamides is 1. The molecular formula is C11H11ClN4O4S. The zero-order valence-electron chi connectivity index (χ0n) is 10.6. The second-order valence-electron chi connectivity index (χ2n) is 4.07. The van der Waals surface area contributed by atoms with Gasteiger partial charge in [-0.1, -0.05) is 11.6 Å². The van der Waals surface area contributed by atoms with Crippen molar-refractivity contribution in [1.29, 1.82) is 0 Å². The summed E-state index contributed by atoms with van der Waals surface area (Å²) in [6.07, 6.45) is 4.81. The minimum Gasteiger partial charge on any atom is -0.336 e.